The zero-order chi connectivity index (χ0) is 14.0. The molecule has 19 heavy (non-hydrogen) atoms. The third-order valence-corrected chi connectivity index (χ3v) is 4.74. The molecule has 2 rings (SSSR count). The van der Waals surface area contributed by atoms with E-state index in [9.17, 15) is 14.7 Å². The molecule has 2 aromatic heterocycles. The number of thiophene rings is 1. The fourth-order valence-electron chi connectivity index (χ4n) is 1.45. The molecule has 0 aliphatic rings. The number of rotatable bonds is 3. The molecule has 0 fully saturated rings. The Balaban J connectivity index is 2.51. The number of pyridine rings is 1. The maximum atomic E-state index is 11.3. The first kappa shape index (κ1) is 13.5. The second-order valence-electron chi connectivity index (χ2n) is 3.46. The molecule has 0 bridgehead atoms. The van der Waals surface area contributed by atoms with Gasteiger partial charge in [-0.2, -0.15) is 5.26 Å². The van der Waals surface area contributed by atoms with Gasteiger partial charge < -0.3 is 14.8 Å². The average Bonchev–Trinajstić information content (AvgIpc) is 2.73. The highest BCUT2D eigenvalue weighted by molar-refractivity contribution is 8.01. The van der Waals surface area contributed by atoms with Gasteiger partial charge >= 0.3 is 5.97 Å². The van der Waals surface area contributed by atoms with Gasteiger partial charge in [0.1, 0.15) is 17.4 Å². The van der Waals surface area contributed by atoms with Crippen molar-refractivity contribution in [3.8, 4) is 11.8 Å². The van der Waals surface area contributed by atoms with Crippen LogP contribution in [0.4, 0.5) is 0 Å². The van der Waals surface area contributed by atoms with Gasteiger partial charge in [-0.05, 0) is 0 Å². The van der Waals surface area contributed by atoms with Gasteiger partial charge in [0.05, 0.1) is 27.3 Å². The summed E-state index contributed by atoms with van der Waals surface area (Å²) in [4.78, 5) is 24.9. The smallest absolute Gasteiger partial charge is 0.316 e. The van der Waals surface area contributed by atoms with Gasteiger partial charge in [0.25, 0.3) is 5.56 Å². The van der Waals surface area contributed by atoms with Gasteiger partial charge in [0.2, 0.25) is 0 Å². The minimum Gasteiger partial charge on any atom is -0.506 e. The van der Waals surface area contributed by atoms with Crippen LogP contribution in [0.15, 0.2) is 15.1 Å². The number of aromatic nitrogens is 1. The lowest BCUT2D eigenvalue weighted by Gasteiger charge is -1.97. The number of fused-ring (bicyclic) bond motifs is 1. The lowest BCUT2D eigenvalue weighted by Crippen LogP contribution is -2.03. The number of thioether (sulfide) groups is 1. The topological polar surface area (TPSA) is 103 Å². The van der Waals surface area contributed by atoms with Crippen LogP contribution in [0.2, 0.25) is 0 Å². The fraction of sp³-hybridized carbons (Fsp3) is 0.182. The molecule has 0 unspecified atom stereocenters. The highest BCUT2D eigenvalue weighted by atomic mass is 32.2. The highest BCUT2D eigenvalue weighted by Crippen LogP contribution is 2.39. The van der Waals surface area contributed by atoms with Crippen LogP contribution in [0.25, 0.3) is 10.2 Å². The number of aromatic amines is 1. The standard InChI is InChI=1S/C11H8N2O4S2/c1-17-8(16)4-18-11-5(3-12)9-10(19-11)6(14)2-7(15)13-9/h2H,4H2,1H3,(H2,13,14,15). The SMILES string of the molecule is COC(=O)CSc1sc2c(O)cc(=O)[nH]c2c1C#N. The van der Waals surface area contributed by atoms with Crippen LogP contribution in [-0.2, 0) is 9.53 Å². The van der Waals surface area contributed by atoms with Crippen LogP contribution >= 0.6 is 23.1 Å². The molecule has 2 N–H and O–H groups in total. The number of esters is 1. The first-order valence-electron chi connectivity index (χ1n) is 5.05. The first-order chi connectivity index (χ1) is 9.06. The normalized spacial score (nSPS) is 10.3. The zero-order valence-electron chi connectivity index (χ0n) is 9.72. The van der Waals surface area contributed by atoms with Crippen molar-refractivity contribution in [2.45, 2.75) is 4.21 Å². The van der Waals surface area contributed by atoms with E-state index in [2.05, 4.69) is 9.72 Å². The number of methoxy groups -OCH3 is 1. The summed E-state index contributed by atoms with van der Waals surface area (Å²) in [5, 5.41) is 18.8. The second kappa shape index (κ2) is 5.34. The Kier molecular flexibility index (Phi) is 3.78. The summed E-state index contributed by atoms with van der Waals surface area (Å²) in [6, 6.07) is 3.02. The molecule has 2 aromatic rings. The van der Waals surface area contributed by atoms with Crippen molar-refractivity contribution in [3.05, 3.63) is 22.0 Å². The van der Waals surface area contributed by atoms with Crippen molar-refractivity contribution < 1.29 is 14.6 Å². The number of hydrogen-bond donors (Lipinski definition) is 2. The van der Waals surface area contributed by atoms with Gasteiger partial charge in [-0.15, -0.1) is 23.1 Å². The van der Waals surface area contributed by atoms with E-state index in [1.807, 2.05) is 6.07 Å². The third-order valence-electron chi connectivity index (χ3n) is 2.29. The van der Waals surface area contributed by atoms with Crippen LogP contribution in [0.3, 0.4) is 0 Å². The molecular formula is C11H8N2O4S2. The molecule has 0 atom stereocenters. The summed E-state index contributed by atoms with van der Waals surface area (Å²) in [5.41, 5.74) is 0.0654. The molecule has 0 amide bonds. The van der Waals surface area contributed by atoms with Gasteiger partial charge in [0.15, 0.2) is 0 Å². The minimum atomic E-state index is -0.483. The number of aromatic hydroxyl groups is 1. The van der Waals surface area contributed by atoms with Gasteiger partial charge in [-0.3, -0.25) is 9.59 Å². The molecule has 0 aromatic carbocycles. The van der Waals surface area contributed by atoms with Crippen LogP contribution in [-0.4, -0.2) is 28.9 Å². The first-order valence-corrected chi connectivity index (χ1v) is 6.85. The predicted molar refractivity (Wildman–Crippen MR) is 71.6 cm³/mol. The predicted octanol–water partition coefficient (Wildman–Crippen LogP) is 1.43. The summed E-state index contributed by atoms with van der Waals surface area (Å²) in [5.74, 6) is -0.530. The van der Waals surface area contributed by atoms with Crippen LogP contribution in [0.5, 0.6) is 5.75 Å². The van der Waals surface area contributed by atoms with E-state index in [4.69, 9.17) is 5.26 Å². The van der Waals surface area contributed by atoms with Crippen molar-refractivity contribution in [2.75, 3.05) is 12.9 Å². The summed E-state index contributed by atoms with van der Waals surface area (Å²) < 4.78 is 5.49. The number of nitriles is 1. The Morgan fingerprint density at radius 1 is 1.68 bits per heavy atom. The number of H-pyrrole nitrogens is 1. The number of nitrogens with zero attached hydrogens (tertiary/aromatic N) is 1. The summed E-state index contributed by atoms with van der Waals surface area (Å²) in [6.07, 6.45) is 0. The third kappa shape index (κ3) is 2.57. The number of nitrogens with one attached hydrogen (secondary N) is 1. The summed E-state index contributed by atoms with van der Waals surface area (Å²) in [7, 11) is 1.28. The van der Waals surface area contributed by atoms with Crippen molar-refractivity contribution in [1.29, 1.82) is 5.26 Å². The van der Waals surface area contributed by atoms with E-state index >= 15 is 0 Å². The lowest BCUT2D eigenvalue weighted by molar-refractivity contribution is -0.137. The molecule has 0 saturated heterocycles. The maximum Gasteiger partial charge on any atom is 0.316 e. The Bertz CT molecular complexity index is 741. The highest BCUT2D eigenvalue weighted by Gasteiger charge is 2.17. The Morgan fingerprint density at radius 2 is 2.42 bits per heavy atom. The molecule has 0 spiro atoms. The summed E-state index contributed by atoms with van der Waals surface area (Å²) in [6.45, 7) is 0. The van der Waals surface area contributed by atoms with E-state index in [1.54, 1.807) is 0 Å². The summed E-state index contributed by atoms with van der Waals surface area (Å²) >= 11 is 2.28. The molecule has 6 nitrogen and oxygen atoms in total. The van der Waals surface area contributed by atoms with Crippen molar-refractivity contribution in [1.82, 2.24) is 4.98 Å². The second-order valence-corrected chi connectivity index (χ2v) is 5.73. The minimum absolute atomic E-state index is 0.0585. The number of carbonyl (C=O) groups excluding carboxylic acids is 1. The largest absolute Gasteiger partial charge is 0.506 e. The molecule has 98 valence electrons. The number of carbonyl (C=O) groups is 1. The Hall–Kier alpha value is -1.98. The van der Waals surface area contributed by atoms with Crippen molar-refractivity contribution in [2.24, 2.45) is 0 Å². The van der Waals surface area contributed by atoms with Gasteiger partial charge in [-0.25, -0.2) is 0 Å². The van der Waals surface area contributed by atoms with Crippen molar-refractivity contribution in [3.63, 3.8) is 0 Å². The lowest BCUT2D eigenvalue weighted by atomic mass is 10.3. The number of hydrogen-bond acceptors (Lipinski definition) is 7. The number of ether oxygens (including phenoxy) is 1. The van der Waals surface area contributed by atoms with E-state index in [1.165, 1.54) is 7.11 Å². The Labute approximate surface area is 115 Å². The Morgan fingerprint density at radius 3 is 3.05 bits per heavy atom. The van der Waals surface area contributed by atoms with Gasteiger partial charge in [0, 0.05) is 6.07 Å². The maximum absolute atomic E-state index is 11.3. The fourth-order valence-corrected chi connectivity index (χ4v) is 3.62. The van der Waals surface area contributed by atoms with Crippen molar-refractivity contribution >= 4 is 39.3 Å². The van der Waals surface area contributed by atoms with E-state index < -0.39 is 11.5 Å². The van der Waals surface area contributed by atoms with E-state index in [-0.39, 0.29) is 17.1 Å². The quantitative estimate of drug-likeness (QED) is 0.656. The molecule has 0 saturated carbocycles. The van der Waals surface area contributed by atoms with Gasteiger partial charge in [-0.1, -0.05) is 0 Å². The van der Waals surface area contributed by atoms with Crippen LogP contribution < -0.4 is 5.56 Å². The molecule has 0 radical (unpaired) electrons. The average molecular weight is 296 g/mol. The molecular weight excluding hydrogens is 288 g/mol. The molecule has 8 heteroatoms. The van der Waals surface area contributed by atoms with Crippen LogP contribution in [0, 0.1) is 11.3 Å². The van der Waals surface area contributed by atoms with E-state index in [0.29, 0.717) is 14.4 Å². The monoisotopic (exact) mass is 296 g/mol. The molecule has 0 aliphatic heterocycles. The molecule has 0 aliphatic carbocycles. The van der Waals surface area contributed by atoms with Crippen LogP contribution in [0.1, 0.15) is 5.56 Å². The zero-order valence-corrected chi connectivity index (χ0v) is 11.4. The van der Waals surface area contributed by atoms with E-state index in [0.717, 1.165) is 29.2 Å². The molecule has 2 heterocycles.